The van der Waals surface area contributed by atoms with Gasteiger partial charge in [-0.05, 0) is 25.0 Å². The SMILES string of the molecule is Cc1ccc(C)c(-c2scnc2CC(=O)O)c1. The van der Waals surface area contributed by atoms with Gasteiger partial charge in [0.15, 0.2) is 0 Å². The third-order valence-electron chi connectivity index (χ3n) is 2.60. The van der Waals surface area contributed by atoms with Crippen LogP contribution in [0.4, 0.5) is 0 Å². The second-order valence-electron chi connectivity index (χ2n) is 4.02. The Morgan fingerprint density at radius 2 is 2.18 bits per heavy atom. The van der Waals surface area contributed by atoms with E-state index in [1.165, 1.54) is 16.9 Å². The van der Waals surface area contributed by atoms with Crippen molar-refractivity contribution in [3.63, 3.8) is 0 Å². The van der Waals surface area contributed by atoms with Gasteiger partial charge in [-0.3, -0.25) is 4.79 Å². The molecule has 0 fully saturated rings. The van der Waals surface area contributed by atoms with Gasteiger partial charge < -0.3 is 5.11 Å². The molecule has 0 bridgehead atoms. The van der Waals surface area contributed by atoms with Gasteiger partial charge in [0, 0.05) is 0 Å². The van der Waals surface area contributed by atoms with Crippen LogP contribution in [0.5, 0.6) is 0 Å². The van der Waals surface area contributed by atoms with Gasteiger partial charge in [0.25, 0.3) is 0 Å². The average Bonchev–Trinajstić information content (AvgIpc) is 2.69. The standard InChI is InChI=1S/C13H13NO2S/c1-8-3-4-9(2)10(5-8)13-11(6-12(15)16)14-7-17-13/h3-5,7H,6H2,1-2H3,(H,15,16). The number of hydrogen-bond acceptors (Lipinski definition) is 3. The number of aromatic nitrogens is 1. The number of carbonyl (C=O) groups is 1. The summed E-state index contributed by atoms with van der Waals surface area (Å²) in [4.78, 5) is 15.9. The van der Waals surface area contributed by atoms with Crippen molar-refractivity contribution in [3.05, 3.63) is 40.5 Å². The van der Waals surface area contributed by atoms with Crippen molar-refractivity contribution in [1.82, 2.24) is 4.98 Å². The minimum Gasteiger partial charge on any atom is -0.481 e. The third kappa shape index (κ3) is 2.53. The van der Waals surface area contributed by atoms with Crippen molar-refractivity contribution in [2.75, 3.05) is 0 Å². The second-order valence-corrected chi connectivity index (χ2v) is 4.87. The lowest BCUT2D eigenvalue weighted by molar-refractivity contribution is -0.136. The monoisotopic (exact) mass is 247 g/mol. The molecule has 1 heterocycles. The number of aliphatic carboxylic acids is 1. The molecule has 0 saturated carbocycles. The highest BCUT2D eigenvalue weighted by Gasteiger charge is 2.13. The Morgan fingerprint density at radius 1 is 1.41 bits per heavy atom. The summed E-state index contributed by atoms with van der Waals surface area (Å²) in [7, 11) is 0. The minimum absolute atomic E-state index is 0.0216. The summed E-state index contributed by atoms with van der Waals surface area (Å²) in [6.07, 6.45) is -0.0216. The van der Waals surface area contributed by atoms with Gasteiger partial charge >= 0.3 is 5.97 Å². The first-order chi connectivity index (χ1) is 8.08. The molecule has 1 aromatic carbocycles. The van der Waals surface area contributed by atoms with Gasteiger partial charge in [-0.15, -0.1) is 11.3 Å². The van der Waals surface area contributed by atoms with E-state index >= 15 is 0 Å². The van der Waals surface area contributed by atoms with Crippen molar-refractivity contribution in [3.8, 4) is 10.4 Å². The Labute approximate surface area is 104 Å². The molecular weight excluding hydrogens is 234 g/mol. The van der Waals surface area contributed by atoms with Gasteiger partial charge in [0.2, 0.25) is 0 Å². The highest BCUT2D eigenvalue weighted by Crippen LogP contribution is 2.31. The predicted molar refractivity (Wildman–Crippen MR) is 68.4 cm³/mol. The van der Waals surface area contributed by atoms with Crippen molar-refractivity contribution in [1.29, 1.82) is 0 Å². The second kappa shape index (κ2) is 4.67. The highest BCUT2D eigenvalue weighted by molar-refractivity contribution is 7.13. The lowest BCUT2D eigenvalue weighted by atomic mass is 10.0. The number of aryl methyl sites for hydroxylation is 2. The van der Waals surface area contributed by atoms with Gasteiger partial charge in [-0.2, -0.15) is 0 Å². The van der Waals surface area contributed by atoms with Gasteiger partial charge in [-0.1, -0.05) is 23.8 Å². The average molecular weight is 247 g/mol. The first-order valence-electron chi connectivity index (χ1n) is 5.29. The Bertz CT molecular complexity index is 560. The van der Waals surface area contributed by atoms with Gasteiger partial charge in [0.1, 0.15) is 0 Å². The van der Waals surface area contributed by atoms with E-state index in [1.807, 2.05) is 13.8 Å². The van der Waals surface area contributed by atoms with Crippen LogP contribution in [-0.4, -0.2) is 16.1 Å². The van der Waals surface area contributed by atoms with Crippen LogP contribution in [-0.2, 0) is 11.2 Å². The number of benzene rings is 1. The molecule has 0 aliphatic rings. The largest absolute Gasteiger partial charge is 0.481 e. The van der Waals surface area contributed by atoms with Crippen molar-refractivity contribution < 1.29 is 9.90 Å². The lowest BCUT2D eigenvalue weighted by Gasteiger charge is -2.06. The number of hydrogen-bond donors (Lipinski definition) is 1. The Balaban J connectivity index is 2.49. The summed E-state index contributed by atoms with van der Waals surface area (Å²) in [6, 6.07) is 6.18. The Morgan fingerprint density at radius 3 is 2.88 bits per heavy atom. The molecule has 17 heavy (non-hydrogen) atoms. The van der Waals surface area contributed by atoms with Crippen LogP contribution in [0.3, 0.4) is 0 Å². The number of carboxylic acids is 1. The van der Waals surface area contributed by atoms with Crippen LogP contribution in [0.25, 0.3) is 10.4 Å². The lowest BCUT2D eigenvalue weighted by Crippen LogP contribution is -2.01. The number of thiazole rings is 1. The third-order valence-corrected chi connectivity index (χ3v) is 3.50. The van der Waals surface area contributed by atoms with Crippen LogP contribution in [0.2, 0.25) is 0 Å². The molecule has 0 atom stereocenters. The van der Waals surface area contributed by atoms with E-state index < -0.39 is 5.97 Å². The van der Waals surface area contributed by atoms with Crippen LogP contribution < -0.4 is 0 Å². The van der Waals surface area contributed by atoms with Crippen molar-refractivity contribution in [2.24, 2.45) is 0 Å². The fraction of sp³-hybridized carbons (Fsp3) is 0.231. The smallest absolute Gasteiger partial charge is 0.309 e. The van der Waals surface area contributed by atoms with Crippen LogP contribution >= 0.6 is 11.3 Å². The molecule has 0 aliphatic heterocycles. The summed E-state index contributed by atoms with van der Waals surface area (Å²) >= 11 is 1.49. The fourth-order valence-corrected chi connectivity index (χ4v) is 2.63. The molecule has 2 rings (SSSR count). The predicted octanol–water partition coefficient (Wildman–Crippen LogP) is 3.05. The molecule has 0 radical (unpaired) electrons. The molecule has 0 spiro atoms. The number of carboxylic acid groups (broad SMARTS) is 1. The van der Waals surface area contributed by atoms with E-state index in [9.17, 15) is 4.79 Å². The summed E-state index contributed by atoms with van der Waals surface area (Å²) in [6.45, 7) is 4.06. The maximum Gasteiger partial charge on any atom is 0.309 e. The fourth-order valence-electron chi connectivity index (χ4n) is 1.74. The molecule has 1 aromatic heterocycles. The quantitative estimate of drug-likeness (QED) is 0.906. The molecule has 0 aliphatic carbocycles. The summed E-state index contributed by atoms with van der Waals surface area (Å²) < 4.78 is 0. The summed E-state index contributed by atoms with van der Waals surface area (Å²) in [5.41, 5.74) is 5.75. The molecule has 0 unspecified atom stereocenters. The van der Waals surface area contributed by atoms with E-state index in [4.69, 9.17) is 5.11 Å². The first-order valence-corrected chi connectivity index (χ1v) is 6.17. The van der Waals surface area contributed by atoms with Crippen LogP contribution in [0, 0.1) is 13.8 Å². The van der Waals surface area contributed by atoms with Gasteiger partial charge in [0.05, 0.1) is 22.5 Å². The molecular formula is C13H13NO2S. The van der Waals surface area contributed by atoms with Crippen LogP contribution in [0.1, 0.15) is 16.8 Å². The van der Waals surface area contributed by atoms with Crippen molar-refractivity contribution in [2.45, 2.75) is 20.3 Å². The minimum atomic E-state index is -0.845. The Hall–Kier alpha value is -1.68. The van der Waals surface area contributed by atoms with E-state index in [0.717, 1.165) is 16.0 Å². The van der Waals surface area contributed by atoms with Gasteiger partial charge in [-0.25, -0.2) is 4.98 Å². The highest BCUT2D eigenvalue weighted by atomic mass is 32.1. The molecule has 4 heteroatoms. The van der Waals surface area contributed by atoms with E-state index in [1.54, 1.807) is 5.51 Å². The topological polar surface area (TPSA) is 50.2 Å². The first kappa shape index (κ1) is 11.8. The zero-order chi connectivity index (χ0) is 12.4. The van der Waals surface area contributed by atoms with E-state index in [0.29, 0.717) is 5.69 Å². The molecule has 2 aromatic rings. The van der Waals surface area contributed by atoms with E-state index in [-0.39, 0.29) is 6.42 Å². The molecule has 1 N–H and O–H groups in total. The molecule has 0 amide bonds. The van der Waals surface area contributed by atoms with Crippen LogP contribution in [0.15, 0.2) is 23.7 Å². The van der Waals surface area contributed by atoms with Crippen molar-refractivity contribution >= 4 is 17.3 Å². The molecule has 3 nitrogen and oxygen atoms in total. The summed E-state index contributed by atoms with van der Waals surface area (Å²) in [5.74, 6) is -0.845. The van der Waals surface area contributed by atoms with E-state index in [2.05, 4.69) is 23.2 Å². The number of nitrogens with zero attached hydrogens (tertiary/aromatic N) is 1. The maximum absolute atomic E-state index is 10.8. The number of rotatable bonds is 3. The Kier molecular flexibility index (Phi) is 3.24. The molecule has 0 saturated heterocycles. The molecule has 88 valence electrons. The zero-order valence-corrected chi connectivity index (χ0v) is 10.5. The zero-order valence-electron chi connectivity index (χ0n) is 9.73. The normalized spacial score (nSPS) is 10.5. The summed E-state index contributed by atoms with van der Waals surface area (Å²) in [5, 5.41) is 8.85. The maximum atomic E-state index is 10.8.